The van der Waals surface area contributed by atoms with E-state index in [2.05, 4.69) is 64.1 Å². The number of ketones is 1. The number of fused-ring (bicyclic) bond motifs is 6. The SMILES string of the molecule is CC[C@@]12CCC(=O)C[C@@H]1CCCc1cc(C)ccc12.CC[C@@]12CCC3(C[C@@H]1CCCc1cc(C)ccc12)OCCO3. The summed E-state index contributed by atoms with van der Waals surface area (Å²) in [6.45, 7) is 10.7. The van der Waals surface area contributed by atoms with Gasteiger partial charge >= 0.3 is 0 Å². The van der Waals surface area contributed by atoms with Gasteiger partial charge in [-0.25, -0.2) is 0 Å². The standard InChI is InChI=1S/C20H28O2.C18H24O/c1-3-19-9-10-20(21-11-12-22-20)14-17(19)6-4-5-16-13-15(2)7-8-18(16)19;1-3-18-10-9-16(19)12-15(18)6-4-5-14-11-13(2)7-8-17(14)18/h7-8,13,17H,3-6,9-12,14H2,1-2H3;7-8,11,15H,3-6,9-10,12H2,1-2H3/t17-,19+;15-,18+/m00/s1. The maximum Gasteiger partial charge on any atom is 0.168 e. The number of hydrogen-bond acceptors (Lipinski definition) is 3. The highest BCUT2D eigenvalue weighted by atomic mass is 16.7. The van der Waals surface area contributed by atoms with Gasteiger partial charge in [0.15, 0.2) is 5.79 Å². The maximum absolute atomic E-state index is 11.9. The minimum Gasteiger partial charge on any atom is -0.348 e. The van der Waals surface area contributed by atoms with E-state index in [9.17, 15) is 4.79 Å². The van der Waals surface area contributed by atoms with Crippen LogP contribution in [0.4, 0.5) is 0 Å². The summed E-state index contributed by atoms with van der Waals surface area (Å²) in [4.78, 5) is 11.9. The Labute approximate surface area is 248 Å². The van der Waals surface area contributed by atoms with Gasteiger partial charge in [-0.05, 0) is 123 Å². The lowest BCUT2D eigenvalue weighted by Crippen LogP contribution is -2.48. The zero-order valence-electron chi connectivity index (χ0n) is 26.2. The van der Waals surface area contributed by atoms with Crippen molar-refractivity contribution in [2.45, 2.75) is 134 Å². The molecule has 0 N–H and O–H groups in total. The third kappa shape index (κ3) is 5.24. The highest BCUT2D eigenvalue weighted by Crippen LogP contribution is 2.55. The summed E-state index contributed by atoms with van der Waals surface area (Å²) < 4.78 is 12.1. The fourth-order valence-corrected chi connectivity index (χ4v) is 9.87. The van der Waals surface area contributed by atoms with E-state index in [1.807, 2.05) is 0 Å². The summed E-state index contributed by atoms with van der Waals surface area (Å²) in [5, 5.41) is 0. The number of carbonyl (C=O) groups excluding carboxylic acids is 1. The third-order valence-electron chi connectivity index (χ3n) is 12.1. The molecule has 1 spiro atoms. The smallest absolute Gasteiger partial charge is 0.168 e. The van der Waals surface area contributed by atoms with Crippen molar-refractivity contribution in [2.75, 3.05) is 13.2 Å². The minimum absolute atomic E-state index is 0.251. The van der Waals surface area contributed by atoms with Crippen molar-refractivity contribution < 1.29 is 14.3 Å². The summed E-state index contributed by atoms with van der Waals surface area (Å²) in [5.74, 6) is 1.53. The summed E-state index contributed by atoms with van der Waals surface area (Å²) in [6.07, 6.45) is 16.0. The highest BCUT2D eigenvalue weighted by molar-refractivity contribution is 5.80. The number of benzene rings is 2. The van der Waals surface area contributed by atoms with Crippen LogP contribution in [0, 0.1) is 25.7 Å². The predicted octanol–water partition coefficient (Wildman–Crippen LogP) is 8.87. The van der Waals surface area contributed by atoms with Crippen molar-refractivity contribution in [3.63, 3.8) is 0 Å². The summed E-state index contributed by atoms with van der Waals surface area (Å²) in [6, 6.07) is 14.2. The molecule has 2 saturated carbocycles. The molecule has 1 saturated heterocycles. The third-order valence-corrected chi connectivity index (χ3v) is 12.1. The zero-order chi connectivity index (χ0) is 28.7. The normalized spacial score (nSPS) is 32.0. The van der Waals surface area contributed by atoms with Crippen LogP contribution in [-0.2, 0) is 37.9 Å². The first-order valence-corrected chi connectivity index (χ1v) is 16.8. The Morgan fingerprint density at radius 3 is 1.88 bits per heavy atom. The molecule has 3 nitrogen and oxygen atoms in total. The lowest BCUT2D eigenvalue weighted by molar-refractivity contribution is -0.199. The Balaban J connectivity index is 0.000000149. The molecule has 4 aliphatic carbocycles. The monoisotopic (exact) mass is 556 g/mol. The van der Waals surface area contributed by atoms with E-state index >= 15 is 0 Å². The van der Waals surface area contributed by atoms with E-state index in [1.165, 1.54) is 68.9 Å². The molecule has 0 amide bonds. The first kappa shape index (κ1) is 29.1. The van der Waals surface area contributed by atoms with E-state index in [0.717, 1.165) is 45.3 Å². The molecule has 2 aromatic carbocycles. The molecule has 222 valence electrons. The Kier molecular flexibility index (Phi) is 8.24. The minimum atomic E-state index is -0.251. The van der Waals surface area contributed by atoms with Gasteiger partial charge in [0.25, 0.3) is 0 Å². The Morgan fingerprint density at radius 2 is 1.29 bits per heavy atom. The van der Waals surface area contributed by atoms with Crippen molar-refractivity contribution in [1.29, 1.82) is 0 Å². The van der Waals surface area contributed by atoms with Crippen molar-refractivity contribution in [2.24, 2.45) is 11.8 Å². The van der Waals surface area contributed by atoms with Gasteiger partial charge in [-0.1, -0.05) is 61.4 Å². The Morgan fingerprint density at radius 1 is 0.732 bits per heavy atom. The topological polar surface area (TPSA) is 35.5 Å². The number of carbonyl (C=O) groups is 1. The molecule has 7 rings (SSSR count). The maximum atomic E-state index is 11.9. The zero-order valence-corrected chi connectivity index (χ0v) is 26.2. The number of aryl methyl sites for hydroxylation is 4. The van der Waals surface area contributed by atoms with Crippen molar-refractivity contribution in [3.8, 4) is 0 Å². The second kappa shape index (κ2) is 11.6. The van der Waals surface area contributed by atoms with E-state index in [-0.39, 0.29) is 11.2 Å². The van der Waals surface area contributed by atoms with Crippen LogP contribution in [0.2, 0.25) is 0 Å². The van der Waals surface area contributed by atoms with Crippen molar-refractivity contribution in [1.82, 2.24) is 0 Å². The van der Waals surface area contributed by atoms with Crippen LogP contribution in [0.25, 0.3) is 0 Å². The molecule has 5 aliphatic rings. The first-order chi connectivity index (χ1) is 19.8. The lowest BCUT2D eigenvalue weighted by Gasteiger charge is -2.49. The van der Waals surface area contributed by atoms with E-state index in [1.54, 1.807) is 22.3 Å². The molecule has 3 heteroatoms. The fraction of sp³-hybridized carbons (Fsp3) is 0.658. The van der Waals surface area contributed by atoms with Crippen LogP contribution in [0.15, 0.2) is 36.4 Å². The van der Waals surface area contributed by atoms with Gasteiger partial charge < -0.3 is 9.47 Å². The average Bonchev–Trinajstić information content (AvgIpc) is 3.28. The van der Waals surface area contributed by atoms with Crippen LogP contribution in [0.1, 0.15) is 124 Å². The lowest BCUT2D eigenvalue weighted by atomic mass is 9.59. The van der Waals surface area contributed by atoms with Crippen LogP contribution in [0.3, 0.4) is 0 Å². The van der Waals surface area contributed by atoms with Crippen LogP contribution < -0.4 is 0 Å². The Hall–Kier alpha value is -1.97. The molecule has 0 radical (unpaired) electrons. The van der Waals surface area contributed by atoms with Gasteiger partial charge in [0.1, 0.15) is 5.78 Å². The molecule has 4 atom stereocenters. The van der Waals surface area contributed by atoms with Crippen molar-refractivity contribution >= 4 is 5.78 Å². The molecule has 41 heavy (non-hydrogen) atoms. The molecular weight excluding hydrogens is 504 g/mol. The van der Waals surface area contributed by atoms with E-state index in [0.29, 0.717) is 23.0 Å². The van der Waals surface area contributed by atoms with Crippen LogP contribution in [0.5, 0.6) is 0 Å². The fourth-order valence-electron chi connectivity index (χ4n) is 9.87. The molecule has 0 aromatic heterocycles. The quantitative estimate of drug-likeness (QED) is 0.371. The van der Waals surface area contributed by atoms with Gasteiger partial charge in [-0.2, -0.15) is 0 Å². The van der Waals surface area contributed by atoms with Crippen molar-refractivity contribution in [3.05, 3.63) is 69.8 Å². The van der Waals surface area contributed by atoms with Gasteiger partial charge in [-0.15, -0.1) is 0 Å². The van der Waals surface area contributed by atoms with Crippen LogP contribution in [-0.4, -0.2) is 24.8 Å². The molecule has 1 aliphatic heterocycles. The molecule has 3 fully saturated rings. The molecule has 2 aromatic rings. The van der Waals surface area contributed by atoms with Gasteiger partial charge in [0, 0.05) is 25.7 Å². The second-order valence-electron chi connectivity index (χ2n) is 14.1. The second-order valence-corrected chi connectivity index (χ2v) is 14.1. The predicted molar refractivity (Wildman–Crippen MR) is 166 cm³/mol. The largest absolute Gasteiger partial charge is 0.348 e. The van der Waals surface area contributed by atoms with E-state index in [4.69, 9.17) is 9.47 Å². The van der Waals surface area contributed by atoms with E-state index < -0.39 is 0 Å². The number of hydrogen-bond donors (Lipinski definition) is 0. The molecular formula is C38H52O3. The highest BCUT2D eigenvalue weighted by Gasteiger charge is 2.52. The molecule has 0 unspecified atom stereocenters. The Bertz CT molecular complexity index is 1260. The first-order valence-electron chi connectivity index (χ1n) is 16.8. The number of ether oxygens (including phenoxy) is 2. The van der Waals surface area contributed by atoms with Gasteiger partial charge in [0.05, 0.1) is 13.2 Å². The number of rotatable bonds is 2. The van der Waals surface area contributed by atoms with Gasteiger partial charge in [-0.3, -0.25) is 4.79 Å². The summed E-state index contributed by atoms with van der Waals surface area (Å²) in [5.41, 5.74) is 9.76. The van der Waals surface area contributed by atoms with Crippen LogP contribution >= 0.6 is 0 Å². The number of Topliss-reactive ketones (excluding diaryl/α,β-unsaturated/α-hetero) is 1. The van der Waals surface area contributed by atoms with Gasteiger partial charge in [0.2, 0.25) is 0 Å². The summed E-state index contributed by atoms with van der Waals surface area (Å²) in [7, 11) is 0. The molecule has 0 bridgehead atoms. The molecule has 1 heterocycles. The summed E-state index contributed by atoms with van der Waals surface area (Å²) >= 11 is 0. The average molecular weight is 557 g/mol.